The molecule has 0 saturated heterocycles. The van der Waals surface area contributed by atoms with Crippen molar-refractivity contribution in [2.24, 2.45) is 0 Å². The second-order valence-corrected chi connectivity index (χ2v) is 8.96. The molecule has 1 aromatic heterocycles. The number of hydrogen-bond acceptors (Lipinski definition) is 5. The van der Waals surface area contributed by atoms with Gasteiger partial charge in [-0.3, -0.25) is 4.98 Å². The van der Waals surface area contributed by atoms with Gasteiger partial charge < -0.3 is 9.84 Å². The van der Waals surface area contributed by atoms with Crippen molar-refractivity contribution in [3.8, 4) is 17.2 Å². The second-order valence-electron chi connectivity index (χ2n) is 8.04. The molecule has 0 spiro atoms. The Balaban J connectivity index is 1.53. The number of aromatic nitrogens is 1. The Hall–Kier alpha value is -4.31. The summed E-state index contributed by atoms with van der Waals surface area (Å²) in [6.45, 7) is 0.298. The first-order valence-electron chi connectivity index (χ1n) is 11.0. The lowest BCUT2D eigenvalue weighted by Crippen LogP contribution is -2.06. The van der Waals surface area contributed by atoms with Gasteiger partial charge in [0.1, 0.15) is 6.10 Å². The highest BCUT2D eigenvalue weighted by atomic mass is 32.1. The molecule has 5 nitrogen and oxygen atoms in total. The van der Waals surface area contributed by atoms with Gasteiger partial charge in [-0.2, -0.15) is 5.26 Å². The van der Waals surface area contributed by atoms with E-state index in [1.54, 1.807) is 36.0 Å². The summed E-state index contributed by atoms with van der Waals surface area (Å²) in [5, 5.41) is 21.2. The maximum atomic E-state index is 11.1. The van der Waals surface area contributed by atoms with Crippen LogP contribution in [0.15, 0.2) is 96.6 Å². The average molecular weight is 477 g/mol. The summed E-state index contributed by atoms with van der Waals surface area (Å²) in [7, 11) is 0. The van der Waals surface area contributed by atoms with E-state index in [-0.39, 0.29) is 11.7 Å². The van der Waals surface area contributed by atoms with E-state index in [1.807, 2.05) is 42.5 Å². The van der Waals surface area contributed by atoms with Gasteiger partial charge in [0.25, 0.3) is 0 Å². The molecule has 1 heterocycles. The largest absolute Gasteiger partial charge is 0.478 e. The lowest BCUT2D eigenvalue weighted by molar-refractivity contribution is 0.0681. The molecule has 1 unspecified atom stereocenters. The molecule has 1 N–H and O–H groups in total. The Kier molecular flexibility index (Phi) is 6.36. The Morgan fingerprint density at radius 2 is 1.80 bits per heavy atom. The van der Waals surface area contributed by atoms with Crippen LogP contribution in [0.2, 0.25) is 0 Å². The first-order valence-corrected chi connectivity index (χ1v) is 11.9. The van der Waals surface area contributed by atoms with Crippen LogP contribution in [0, 0.1) is 11.3 Å². The van der Waals surface area contributed by atoms with Gasteiger partial charge in [-0.25, -0.2) is 4.79 Å². The average Bonchev–Trinajstić information content (AvgIpc) is 3.43. The van der Waals surface area contributed by atoms with E-state index >= 15 is 0 Å². The van der Waals surface area contributed by atoms with Crippen LogP contribution < -0.4 is 0 Å². The molecule has 0 aliphatic rings. The zero-order valence-corrected chi connectivity index (χ0v) is 19.4. The minimum absolute atomic E-state index is 0.236. The first kappa shape index (κ1) is 22.5. The maximum Gasteiger partial charge on any atom is 0.335 e. The van der Waals surface area contributed by atoms with Crippen molar-refractivity contribution < 1.29 is 14.6 Å². The Labute approximate surface area is 206 Å². The lowest BCUT2D eigenvalue weighted by Gasteiger charge is -2.19. The van der Waals surface area contributed by atoms with Crippen molar-refractivity contribution in [1.82, 2.24) is 4.98 Å². The van der Waals surface area contributed by atoms with Crippen LogP contribution in [0.25, 0.3) is 21.9 Å². The zero-order valence-electron chi connectivity index (χ0n) is 18.6. The third kappa shape index (κ3) is 4.69. The minimum atomic E-state index is -0.960. The van der Waals surface area contributed by atoms with E-state index in [0.717, 1.165) is 37.9 Å². The number of thiazole rings is 1. The number of carboxylic acid groups (broad SMARTS) is 1. The van der Waals surface area contributed by atoms with Crippen LogP contribution in [-0.2, 0) is 11.3 Å². The number of fused-ring (bicyclic) bond motifs is 1. The molecule has 0 bridgehead atoms. The van der Waals surface area contributed by atoms with Gasteiger partial charge in [0.05, 0.1) is 34.2 Å². The van der Waals surface area contributed by atoms with Crippen molar-refractivity contribution in [3.05, 3.63) is 124 Å². The van der Waals surface area contributed by atoms with Gasteiger partial charge in [0.2, 0.25) is 0 Å². The molecule has 1 atom stereocenters. The van der Waals surface area contributed by atoms with Crippen LogP contribution >= 0.6 is 11.3 Å². The van der Waals surface area contributed by atoms with Crippen LogP contribution in [-0.4, -0.2) is 16.1 Å². The molecule has 6 heteroatoms. The summed E-state index contributed by atoms with van der Waals surface area (Å²) in [6.07, 6.45) is 1.40. The predicted molar refractivity (Wildman–Crippen MR) is 136 cm³/mol. The second kappa shape index (κ2) is 9.90. The quantitative estimate of drug-likeness (QED) is 0.278. The number of benzene rings is 4. The number of nitrogens with zero attached hydrogens (tertiary/aromatic N) is 2. The number of hydrogen-bond donors (Lipinski definition) is 1. The molecule has 4 aromatic carbocycles. The molecule has 5 rings (SSSR count). The number of rotatable bonds is 7. The highest BCUT2D eigenvalue weighted by Gasteiger charge is 2.20. The molecular formula is C29H20N2O3S. The smallest absolute Gasteiger partial charge is 0.335 e. The minimum Gasteiger partial charge on any atom is -0.478 e. The van der Waals surface area contributed by atoms with E-state index in [4.69, 9.17) is 9.84 Å². The number of nitriles is 1. The molecule has 170 valence electrons. The van der Waals surface area contributed by atoms with E-state index < -0.39 is 5.97 Å². The number of carboxylic acids is 1. The fourth-order valence-electron chi connectivity index (χ4n) is 4.13. The highest BCUT2D eigenvalue weighted by molar-refractivity contribution is 7.09. The van der Waals surface area contributed by atoms with Crippen molar-refractivity contribution in [3.63, 3.8) is 0 Å². The topological polar surface area (TPSA) is 83.2 Å². The Bertz CT molecular complexity index is 1530. The molecule has 35 heavy (non-hydrogen) atoms. The van der Waals surface area contributed by atoms with E-state index in [1.165, 1.54) is 11.3 Å². The van der Waals surface area contributed by atoms with Gasteiger partial charge in [0, 0.05) is 11.8 Å². The third-order valence-corrected chi connectivity index (χ3v) is 6.69. The van der Waals surface area contributed by atoms with Crippen LogP contribution in [0.4, 0.5) is 0 Å². The SMILES string of the molecule is N#Cc1ccc(C(OCc2ccc(C(=O)O)cc2)c2cncs2)cc1-c1cccc2ccccc12. The van der Waals surface area contributed by atoms with Crippen LogP contribution in [0.1, 0.15) is 38.0 Å². The summed E-state index contributed by atoms with van der Waals surface area (Å²) >= 11 is 1.50. The normalized spacial score (nSPS) is 11.7. The zero-order chi connectivity index (χ0) is 24.2. The molecule has 0 fully saturated rings. The Morgan fingerprint density at radius 3 is 2.54 bits per heavy atom. The summed E-state index contributed by atoms with van der Waals surface area (Å²) in [5.41, 5.74) is 6.23. The first-order chi connectivity index (χ1) is 17.1. The standard InChI is InChI=1S/C29H20N2O3S/c30-15-23-13-12-22(14-26(23)25-7-3-5-20-4-1-2-6-24(20)25)28(27-16-31-18-35-27)34-17-19-8-10-21(11-9-19)29(32)33/h1-14,16,18,28H,17H2,(H,32,33). The number of carbonyl (C=O) groups is 1. The van der Waals surface area contributed by atoms with E-state index in [2.05, 4.69) is 29.3 Å². The van der Waals surface area contributed by atoms with Crippen molar-refractivity contribution in [2.45, 2.75) is 12.7 Å². The molecule has 5 aromatic rings. The molecule has 0 radical (unpaired) electrons. The number of ether oxygens (including phenoxy) is 1. The summed E-state index contributed by atoms with van der Waals surface area (Å²) < 4.78 is 6.35. The van der Waals surface area contributed by atoms with Gasteiger partial charge in [-0.15, -0.1) is 11.3 Å². The monoisotopic (exact) mass is 476 g/mol. The lowest BCUT2D eigenvalue weighted by atomic mass is 9.92. The van der Waals surface area contributed by atoms with Crippen molar-refractivity contribution in [2.75, 3.05) is 0 Å². The number of aromatic carboxylic acids is 1. The molecule has 0 amide bonds. The Morgan fingerprint density at radius 1 is 1.00 bits per heavy atom. The fourth-order valence-corrected chi connectivity index (χ4v) is 4.82. The van der Waals surface area contributed by atoms with Gasteiger partial charge in [-0.05, 0) is 51.7 Å². The van der Waals surface area contributed by atoms with Gasteiger partial charge in [0.15, 0.2) is 0 Å². The molecule has 0 saturated carbocycles. The summed E-state index contributed by atoms with van der Waals surface area (Å²) in [5.74, 6) is -0.960. The summed E-state index contributed by atoms with van der Waals surface area (Å²) in [6, 6.07) is 29.0. The van der Waals surface area contributed by atoms with Gasteiger partial charge >= 0.3 is 5.97 Å². The van der Waals surface area contributed by atoms with E-state index in [9.17, 15) is 10.1 Å². The van der Waals surface area contributed by atoms with Crippen LogP contribution in [0.3, 0.4) is 0 Å². The molecule has 0 aliphatic heterocycles. The maximum absolute atomic E-state index is 11.1. The molecular weight excluding hydrogens is 456 g/mol. The predicted octanol–water partition coefficient (Wildman–Crippen LogP) is 6.84. The van der Waals surface area contributed by atoms with E-state index in [0.29, 0.717) is 12.2 Å². The van der Waals surface area contributed by atoms with Crippen LogP contribution in [0.5, 0.6) is 0 Å². The van der Waals surface area contributed by atoms with Gasteiger partial charge in [-0.1, -0.05) is 60.7 Å². The van der Waals surface area contributed by atoms with Crippen molar-refractivity contribution >= 4 is 28.1 Å². The summed E-state index contributed by atoms with van der Waals surface area (Å²) in [4.78, 5) is 16.3. The highest BCUT2D eigenvalue weighted by Crippen LogP contribution is 2.36. The van der Waals surface area contributed by atoms with Crippen molar-refractivity contribution in [1.29, 1.82) is 5.26 Å². The third-order valence-electron chi connectivity index (χ3n) is 5.87. The fraction of sp³-hybridized carbons (Fsp3) is 0.0690. The molecule has 0 aliphatic carbocycles.